The van der Waals surface area contributed by atoms with Crippen molar-refractivity contribution < 1.29 is 71.4 Å². The molecular formula is C39H47F2NO14. The Kier molecular flexibility index (Phi) is 11.1. The summed E-state index contributed by atoms with van der Waals surface area (Å²) in [5, 5.41) is 21.1. The highest BCUT2D eigenvalue weighted by Crippen LogP contribution is 2.72. The molecule has 0 bridgehead atoms. The van der Waals surface area contributed by atoms with E-state index in [0.717, 1.165) is 6.08 Å². The maximum Gasteiger partial charge on any atom is 0.514 e. The molecule has 17 heteroatoms. The minimum absolute atomic E-state index is 0.00684. The number of Topliss-reactive ketones (excluding diaryl/α,β-unsaturated/α-hetero) is 1. The average Bonchev–Trinajstić information content (AvgIpc) is 3.55. The lowest BCUT2D eigenvalue weighted by Crippen LogP contribution is -2.71. The van der Waals surface area contributed by atoms with Gasteiger partial charge in [0.25, 0.3) is 5.09 Å². The maximum atomic E-state index is 17.7. The fourth-order valence-corrected chi connectivity index (χ4v) is 9.98. The fourth-order valence-electron chi connectivity index (χ4n) is 9.98. The van der Waals surface area contributed by atoms with Gasteiger partial charge in [0.1, 0.15) is 6.17 Å². The van der Waals surface area contributed by atoms with Gasteiger partial charge >= 0.3 is 12.1 Å². The molecule has 1 heterocycles. The third-order valence-electron chi connectivity index (χ3n) is 12.4. The number of aliphatic hydroxyl groups excluding tert-OH is 1. The Bertz CT molecular complexity index is 1830. The minimum Gasteiger partial charge on any atom is -0.493 e. The van der Waals surface area contributed by atoms with Gasteiger partial charge in [-0.25, -0.2) is 18.4 Å². The van der Waals surface area contributed by atoms with Crippen LogP contribution in [0.15, 0.2) is 42.0 Å². The number of hydrogen-bond acceptors (Lipinski definition) is 14. The molecule has 2 unspecified atom stereocenters. The zero-order valence-electron chi connectivity index (χ0n) is 31.9. The van der Waals surface area contributed by atoms with Gasteiger partial charge in [0.15, 0.2) is 40.9 Å². The number of alkyl halides is 2. The zero-order valence-corrected chi connectivity index (χ0v) is 31.9. The van der Waals surface area contributed by atoms with Gasteiger partial charge in [-0.1, -0.05) is 19.4 Å². The summed E-state index contributed by atoms with van der Waals surface area (Å²) in [5.41, 5.74) is -7.05. The normalized spacial score (nSPS) is 34.9. The van der Waals surface area contributed by atoms with E-state index < -0.39 is 93.5 Å². The van der Waals surface area contributed by atoms with E-state index in [1.54, 1.807) is 20.8 Å². The first-order chi connectivity index (χ1) is 26.3. The van der Waals surface area contributed by atoms with Crippen LogP contribution in [-0.2, 0) is 33.4 Å². The lowest BCUT2D eigenvalue weighted by molar-refractivity contribution is -0.757. The Morgan fingerprint density at radius 2 is 1.73 bits per heavy atom. The van der Waals surface area contributed by atoms with E-state index in [4.69, 9.17) is 28.4 Å². The Hall–Kier alpha value is -4.48. The smallest absolute Gasteiger partial charge is 0.493 e. The van der Waals surface area contributed by atoms with E-state index in [9.17, 15) is 34.4 Å². The molecule has 56 heavy (non-hydrogen) atoms. The summed E-state index contributed by atoms with van der Waals surface area (Å²) in [5.74, 6) is -5.08. The standard InChI is InChI=1S/C39H47F2NO14/c1-35(2)55-32-19-24-25-18-27(40)26-17-23(43)12-13-36(26,3)38(25,41)30(44)20-37(24,4)39(32,56-35)31(45)21-52-34(47)54-28-11-10-22(16-29(28)50-5)33(46)51-14-8-6-7-9-15-53-42(48)49/h10-13,16-17,24-25,27,30,32,44H,6-9,14-15,18-21H2,1-5H3/t24?,25?,27-,30-,32+,36-,37-,38-,39+/m0/s1. The number of nitrogens with zero attached hydrogens (tertiary/aromatic N) is 1. The SMILES string of the molecule is COc1cc(C(=O)OCCCCCCO[N+](=O)[O-])ccc1OC(=O)OCC(=O)[C@@]12OC(C)(C)O[C@@H]1CC1C3C[C@H](F)C4=CC(=O)C=C[C@]4(C)[C@@]3(F)[C@@H](O)C[C@@]12C. The molecule has 3 saturated carbocycles. The van der Waals surface area contributed by atoms with Gasteiger partial charge in [-0.05, 0) is 101 Å². The summed E-state index contributed by atoms with van der Waals surface area (Å²) < 4.78 is 67.5. The number of halogens is 2. The lowest BCUT2D eigenvalue weighted by Gasteiger charge is -2.63. The summed E-state index contributed by atoms with van der Waals surface area (Å²) in [6.45, 7) is 5.64. The molecular weight excluding hydrogens is 744 g/mol. The van der Waals surface area contributed by atoms with Crippen LogP contribution in [0.5, 0.6) is 11.5 Å². The number of rotatable bonds is 14. The van der Waals surface area contributed by atoms with Crippen LogP contribution in [0.25, 0.3) is 0 Å². The predicted octanol–water partition coefficient (Wildman–Crippen LogP) is 5.52. The number of fused-ring (bicyclic) bond motifs is 7. The van der Waals surface area contributed by atoms with Crippen LogP contribution in [-0.4, -0.2) is 96.3 Å². The second-order valence-corrected chi connectivity index (χ2v) is 16.0. The Morgan fingerprint density at radius 1 is 1.02 bits per heavy atom. The molecule has 306 valence electrons. The number of methoxy groups -OCH3 is 1. The van der Waals surface area contributed by atoms with E-state index in [0.29, 0.717) is 25.7 Å². The highest BCUT2D eigenvalue weighted by Gasteiger charge is 2.80. The van der Waals surface area contributed by atoms with Crippen molar-refractivity contribution in [3.8, 4) is 11.5 Å². The Morgan fingerprint density at radius 3 is 2.43 bits per heavy atom. The van der Waals surface area contributed by atoms with Crippen LogP contribution in [0.3, 0.4) is 0 Å². The first-order valence-corrected chi connectivity index (χ1v) is 18.7. The monoisotopic (exact) mass is 791 g/mol. The molecule has 4 fully saturated rings. The van der Waals surface area contributed by atoms with Gasteiger partial charge in [0.05, 0.1) is 38.1 Å². The number of benzene rings is 1. The highest BCUT2D eigenvalue weighted by molar-refractivity contribution is 6.01. The molecule has 1 saturated heterocycles. The van der Waals surface area contributed by atoms with Gasteiger partial charge in [-0.3, -0.25) is 9.59 Å². The highest BCUT2D eigenvalue weighted by atomic mass is 19.1. The molecule has 5 aliphatic rings. The molecule has 0 radical (unpaired) electrons. The van der Waals surface area contributed by atoms with Crippen LogP contribution < -0.4 is 9.47 Å². The average molecular weight is 792 g/mol. The van der Waals surface area contributed by atoms with E-state index in [1.165, 1.54) is 44.4 Å². The molecule has 1 aromatic carbocycles. The lowest BCUT2D eigenvalue weighted by atomic mass is 9.44. The third kappa shape index (κ3) is 6.84. The summed E-state index contributed by atoms with van der Waals surface area (Å²) in [6.07, 6.45) is -0.163. The molecule has 1 aliphatic heterocycles. The quantitative estimate of drug-likeness (QED) is 0.0813. The zero-order chi connectivity index (χ0) is 40.8. The molecule has 15 nitrogen and oxygen atoms in total. The third-order valence-corrected chi connectivity index (χ3v) is 12.4. The summed E-state index contributed by atoms with van der Waals surface area (Å²) in [6, 6.07) is 3.93. The number of carbonyl (C=O) groups excluding carboxylic acids is 4. The minimum atomic E-state index is -2.38. The van der Waals surface area contributed by atoms with Crippen molar-refractivity contribution in [2.24, 2.45) is 22.7 Å². The fraction of sp³-hybridized carbons (Fsp3) is 0.641. The number of ketones is 2. The van der Waals surface area contributed by atoms with Crippen molar-refractivity contribution in [3.63, 3.8) is 0 Å². The van der Waals surface area contributed by atoms with Crippen LogP contribution in [0.1, 0.15) is 83.0 Å². The number of hydrogen-bond donors (Lipinski definition) is 1. The van der Waals surface area contributed by atoms with E-state index in [-0.39, 0.29) is 55.1 Å². The molecule has 9 atom stereocenters. The second kappa shape index (κ2) is 15.1. The molecule has 0 amide bonds. The topological polar surface area (TPSA) is 196 Å². The van der Waals surface area contributed by atoms with Crippen molar-refractivity contribution in [1.29, 1.82) is 0 Å². The van der Waals surface area contributed by atoms with E-state index in [1.807, 2.05) is 0 Å². The van der Waals surface area contributed by atoms with Crippen molar-refractivity contribution in [2.45, 2.75) is 108 Å². The second-order valence-electron chi connectivity index (χ2n) is 16.0. The number of unbranched alkanes of at least 4 members (excludes halogenated alkanes) is 3. The van der Waals surface area contributed by atoms with E-state index >= 15 is 8.78 Å². The number of carbonyl (C=O) groups is 4. The van der Waals surface area contributed by atoms with Crippen LogP contribution >= 0.6 is 0 Å². The Balaban J connectivity index is 1.12. The molecule has 4 aliphatic carbocycles. The molecule has 1 aromatic rings. The Labute approximate surface area is 321 Å². The maximum absolute atomic E-state index is 17.7. The van der Waals surface area contributed by atoms with Crippen molar-refractivity contribution in [3.05, 3.63) is 57.7 Å². The number of esters is 1. The summed E-state index contributed by atoms with van der Waals surface area (Å²) in [4.78, 5) is 66.6. The van der Waals surface area contributed by atoms with Crippen molar-refractivity contribution >= 4 is 23.7 Å². The van der Waals surface area contributed by atoms with Crippen LogP contribution in [0.2, 0.25) is 0 Å². The van der Waals surface area contributed by atoms with Gasteiger partial charge < -0.3 is 38.4 Å². The summed E-state index contributed by atoms with van der Waals surface area (Å²) in [7, 11) is 1.29. The first-order valence-electron chi connectivity index (χ1n) is 18.7. The molecule has 1 N–H and O–H groups in total. The van der Waals surface area contributed by atoms with Gasteiger partial charge in [0.2, 0.25) is 5.78 Å². The van der Waals surface area contributed by atoms with Gasteiger partial charge in [0, 0.05) is 16.7 Å². The summed E-state index contributed by atoms with van der Waals surface area (Å²) >= 11 is 0. The number of ether oxygens (including phenoxy) is 6. The van der Waals surface area contributed by atoms with Crippen molar-refractivity contribution in [1.82, 2.24) is 0 Å². The van der Waals surface area contributed by atoms with Crippen LogP contribution in [0.4, 0.5) is 13.6 Å². The number of aliphatic hydroxyl groups is 1. The van der Waals surface area contributed by atoms with Crippen molar-refractivity contribution in [2.75, 3.05) is 26.9 Å². The van der Waals surface area contributed by atoms with Gasteiger partial charge in [-0.2, -0.15) is 0 Å². The largest absolute Gasteiger partial charge is 0.514 e. The molecule has 0 aromatic heterocycles. The molecule has 0 spiro atoms. The van der Waals surface area contributed by atoms with Crippen LogP contribution in [0, 0.1) is 32.8 Å². The molecule has 6 rings (SSSR count). The first kappa shape index (κ1) is 41.2. The predicted molar refractivity (Wildman–Crippen MR) is 188 cm³/mol. The number of allylic oxidation sites excluding steroid dienone is 4. The van der Waals surface area contributed by atoms with Gasteiger partial charge in [-0.15, -0.1) is 10.1 Å². The van der Waals surface area contributed by atoms with E-state index in [2.05, 4.69) is 4.84 Å².